The Morgan fingerprint density at radius 3 is 2.41 bits per heavy atom. The van der Waals surface area contributed by atoms with Crippen molar-refractivity contribution in [1.29, 1.82) is 0 Å². The molecule has 27 heavy (non-hydrogen) atoms. The van der Waals surface area contributed by atoms with Crippen molar-refractivity contribution in [1.82, 2.24) is 0 Å². The number of carbonyl (C=O) groups excluding carboxylic acids is 2. The van der Waals surface area contributed by atoms with E-state index < -0.39 is 0 Å². The predicted octanol–water partition coefficient (Wildman–Crippen LogP) is 5.00. The van der Waals surface area contributed by atoms with Gasteiger partial charge in [0.15, 0.2) is 5.78 Å². The zero-order valence-corrected chi connectivity index (χ0v) is 15.7. The topological polar surface area (TPSA) is 52.6 Å². The molecule has 0 saturated carbocycles. The Morgan fingerprint density at radius 2 is 1.74 bits per heavy atom. The second kappa shape index (κ2) is 11.8. The summed E-state index contributed by atoms with van der Waals surface area (Å²) in [5.74, 6) is -0.00648. The molecule has 142 valence electrons. The summed E-state index contributed by atoms with van der Waals surface area (Å²) < 4.78 is 10.3. The van der Waals surface area contributed by atoms with E-state index in [0.29, 0.717) is 18.6 Å². The van der Waals surface area contributed by atoms with Gasteiger partial charge in [0.25, 0.3) is 6.47 Å². The standard InChI is InChI=1S/C23H26O4/c1-26-23(10-6-3-7-17-27-18-24)21-14-11-19(12-15-21)13-16-22(25)20-8-4-2-5-9-20/h2,4-5,8-9,11-16,18,23H,3,6-7,10,17H2,1H3. The Hall–Kier alpha value is -2.72. The Balaban J connectivity index is 1.86. The first-order chi connectivity index (χ1) is 13.2. The molecule has 0 aliphatic carbocycles. The van der Waals surface area contributed by atoms with Crippen LogP contribution in [0.4, 0.5) is 0 Å². The van der Waals surface area contributed by atoms with Crippen LogP contribution in [0.1, 0.15) is 53.3 Å². The number of allylic oxidation sites excluding steroid dienone is 1. The highest BCUT2D eigenvalue weighted by Crippen LogP contribution is 2.24. The van der Waals surface area contributed by atoms with E-state index in [1.807, 2.05) is 60.7 Å². The van der Waals surface area contributed by atoms with Gasteiger partial charge in [-0.2, -0.15) is 0 Å². The molecule has 2 rings (SSSR count). The molecule has 0 amide bonds. The first kappa shape index (κ1) is 20.6. The molecular weight excluding hydrogens is 340 g/mol. The largest absolute Gasteiger partial charge is 0.468 e. The van der Waals surface area contributed by atoms with Gasteiger partial charge >= 0.3 is 0 Å². The Kier molecular flexibility index (Phi) is 9.01. The smallest absolute Gasteiger partial charge is 0.293 e. The van der Waals surface area contributed by atoms with Gasteiger partial charge in [-0.3, -0.25) is 9.59 Å². The van der Waals surface area contributed by atoms with Crippen molar-refractivity contribution >= 4 is 18.3 Å². The zero-order chi connectivity index (χ0) is 19.3. The average Bonchev–Trinajstić information content (AvgIpc) is 2.73. The molecule has 0 aliphatic heterocycles. The maximum absolute atomic E-state index is 12.1. The summed E-state index contributed by atoms with van der Waals surface area (Å²) in [6, 6.07) is 17.3. The van der Waals surface area contributed by atoms with Crippen molar-refractivity contribution in [3.8, 4) is 0 Å². The van der Waals surface area contributed by atoms with Gasteiger partial charge in [-0.25, -0.2) is 0 Å². The summed E-state index contributed by atoms with van der Waals surface area (Å²) in [7, 11) is 1.71. The molecule has 2 aromatic rings. The van der Waals surface area contributed by atoms with Crippen molar-refractivity contribution in [2.75, 3.05) is 13.7 Å². The molecular formula is C23H26O4. The van der Waals surface area contributed by atoms with Crippen molar-refractivity contribution in [2.24, 2.45) is 0 Å². The van der Waals surface area contributed by atoms with E-state index in [1.165, 1.54) is 0 Å². The molecule has 0 saturated heterocycles. The minimum Gasteiger partial charge on any atom is -0.468 e. The van der Waals surface area contributed by atoms with Gasteiger partial charge < -0.3 is 9.47 Å². The molecule has 0 bridgehead atoms. The summed E-state index contributed by atoms with van der Waals surface area (Å²) in [6.07, 6.45) is 7.26. The lowest BCUT2D eigenvalue weighted by molar-refractivity contribution is -0.128. The molecule has 0 spiro atoms. The maximum atomic E-state index is 12.1. The molecule has 0 N–H and O–H groups in total. The molecule has 0 heterocycles. The number of hydrogen-bond acceptors (Lipinski definition) is 4. The monoisotopic (exact) mass is 366 g/mol. The minimum atomic E-state index is -0.00648. The van der Waals surface area contributed by atoms with E-state index in [1.54, 1.807) is 13.2 Å². The van der Waals surface area contributed by atoms with Crippen LogP contribution < -0.4 is 0 Å². The molecule has 1 unspecified atom stereocenters. The van der Waals surface area contributed by atoms with Gasteiger partial charge in [0.05, 0.1) is 12.7 Å². The first-order valence-electron chi connectivity index (χ1n) is 9.20. The highest BCUT2D eigenvalue weighted by molar-refractivity contribution is 6.06. The molecule has 0 radical (unpaired) electrons. The van der Waals surface area contributed by atoms with E-state index >= 15 is 0 Å². The van der Waals surface area contributed by atoms with Crippen molar-refractivity contribution in [3.63, 3.8) is 0 Å². The predicted molar refractivity (Wildman–Crippen MR) is 106 cm³/mol. The third kappa shape index (κ3) is 7.19. The van der Waals surface area contributed by atoms with Gasteiger partial charge in [0.1, 0.15) is 0 Å². The van der Waals surface area contributed by atoms with Crippen LogP contribution in [0, 0.1) is 0 Å². The number of ketones is 1. The van der Waals surface area contributed by atoms with Gasteiger partial charge in [0.2, 0.25) is 0 Å². The number of ether oxygens (including phenoxy) is 2. The van der Waals surface area contributed by atoms with E-state index in [9.17, 15) is 9.59 Å². The number of rotatable bonds is 12. The van der Waals surface area contributed by atoms with E-state index in [4.69, 9.17) is 9.47 Å². The van der Waals surface area contributed by atoms with Crippen LogP contribution in [0.15, 0.2) is 60.7 Å². The SMILES string of the molecule is COC(CCCCCOC=O)c1ccc(C=CC(=O)c2ccccc2)cc1. The van der Waals surface area contributed by atoms with Crippen LogP contribution in [0.25, 0.3) is 6.08 Å². The van der Waals surface area contributed by atoms with Gasteiger partial charge in [-0.15, -0.1) is 0 Å². The zero-order valence-electron chi connectivity index (χ0n) is 15.7. The molecule has 0 aliphatic rings. The quantitative estimate of drug-likeness (QED) is 0.229. The summed E-state index contributed by atoms with van der Waals surface area (Å²) in [6.45, 7) is 0.964. The lowest BCUT2D eigenvalue weighted by Gasteiger charge is -2.16. The molecule has 4 nitrogen and oxygen atoms in total. The highest BCUT2D eigenvalue weighted by Gasteiger charge is 2.10. The van der Waals surface area contributed by atoms with Crippen LogP contribution in [-0.2, 0) is 14.3 Å². The normalized spacial score (nSPS) is 12.0. The second-order valence-electron chi connectivity index (χ2n) is 6.27. The number of methoxy groups -OCH3 is 1. The van der Waals surface area contributed by atoms with Crippen LogP contribution >= 0.6 is 0 Å². The molecule has 1 atom stereocenters. The fraction of sp³-hybridized carbons (Fsp3) is 0.304. The number of unbranched alkanes of at least 4 members (excludes halogenated alkanes) is 2. The number of carbonyl (C=O) groups is 2. The lowest BCUT2D eigenvalue weighted by Crippen LogP contribution is -2.02. The van der Waals surface area contributed by atoms with Crippen molar-refractivity contribution < 1.29 is 19.1 Å². The van der Waals surface area contributed by atoms with E-state index in [0.717, 1.165) is 36.8 Å². The summed E-state index contributed by atoms with van der Waals surface area (Å²) in [5.41, 5.74) is 2.78. The summed E-state index contributed by atoms with van der Waals surface area (Å²) >= 11 is 0. The maximum Gasteiger partial charge on any atom is 0.293 e. The van der Waals surface area contributed by atoms with Crippen LogP contribution in [-0.4, -0.2) is 26.0 Å². The van der Waals surface area contributed by atoms with Crippen LogP contribution in [0.3, 0.4) is 0 Å². The van der Waals surface area contributed by atoms with Gasteiger partial charge in [0, 0.05) is 12.7 Å². The minimum absolute atomic E-state index is 0.00648. The highest BCUT2D eigenvalue weighted by atomic mass is 16.5. The molecule has 2 aromatic carbocycles. The number of hydrogen-bond donors (Lipinski definition) is 0. The van der Waals surface area contributed by atoms with Crippen LogP contribution in [0.2, 0.25) is 0 Å². The third-order valence-corrected chi connectivity index (χ3v) is 4.37. The Bertz CT molecular complexity index is 720. The van der Waals surface area contributed by atoms with Crippen molar-refractivity contribution in [2.45, 2.75) is 31.8 Å². The molecule has 4 heteroatoms. The van der Waals surface area contributed by atoms with Crippen molar-refractivity contribution in [3.05, 3.63) is 77.4 Å². The summed E-state index contributed by atoms with van der Waals surface area (Å²) in [5, 5.41) is 0. The third-order valence-electron chi connectivity index (χ3n) is 4.37. The van der Waals surface area contributed by atoms with E-state index in [-0.39, 0.29) is 11.9 Å². The second-order valence-corrected chi connectivity index (χ2v) is 6.27. The Labute approximate surface area is 160 Å². The van der Waals surface area contributed by atoms with Gasteiger partial charge in [-0.1, -0.05) is 67.1 Å². The van der Waals surface area contributed by atoms with Gasteiger partial charge in [-0.05, 0) is 36.5 Å². The number of benzene rings is 2. The summed E-state index contributed by atoms with van der Waals surface area (Å²) in [4.78, 5) is 22.2. The fourth-order valence-corrected chi connectivity index (χ4v) is 2.85. The van der Waals surface area contributed by atoms with E-state index in [2.05, 4.69) is 0 Å². The molecule has 0 fully saturated rings. The van der Waals surface area contributed by atoms with Crippen LogP contribution in [0.5, 0.6) is 0 Å². The first-order valence-corrected chi connectivity index (χ1v) is 9.20. The fourth-order valence-electron chi connectivity index (χ4n) is 2.85. The molecule has 0 aromatic heterocycles. The Morgan fingerprint density at radius 1 is 1.00 bits per heavy atom. The average molecular weight is 366 g/mol. The lowest BCUT2D eigenvalue weighted by atomic mass is 10.0.